The van der Waals surface area contributed by atoms with Gasteiger partial charge in [0.1, 0.15) is 12.6 Å². The lowest BCUT2D eigenvalue weighted by Crippen LogP contribution is -2.25. The van der Waals surface area contributed by atoms with E-state index < -0.39 is 12.0 Å². The summed E-state index contributed by atoms with van der Waals surface area (Å²) in [6.45, 7) is 3.26. The average molecular weight is 272 g/mol. The van der Waals surface area contributed by atoms with E-state index in [0.717, 1.165) is 6.42 Å². The Morgan fingerprint density at radius 1 is 1.33 bits per heavy atom. The average Bonchev–Trinajstić information content (AvgIpc) is 2.38. The van der Waals surface area contributed by atoms with E-state index in [1.54, 1.807) is 24.3 Å². The second-order valence-electron chi connectivity index (χ2n) is 3.78. The molecule has 0 amide bonds. The van der Waals surface area contributed by atoms with Crippen LogP contribution in [0.2, 0.25) is 5.02 Å². The molecule has 0 saturated carbocycles. The highest BCUT2D eigenvalue weighted by molar-refractivity contribution is 6.31. The van der Waals surface area contributed by atoms with Crippen LogP contribution >= 0.6 is 11.6 Å². The summed E-state index contributed by atoms with van der Waals surface area (Å²) in [5.41, 5.74) is 6.35. The quantitative estimate of drug-likeness (QED) is 0.611. The first kappa shape index (κ1) is 15.0. The van der Waals surface area contributed by atoms with Gasteiger partial charge in [-0.2, -0.15) is 0 Å². The van der Waals surface area contributed by atoms with Gasteiger partial charge in [-0.15, -0.1) is 0 Å². The third-order valence-corrected chi connectivity index (χ3v) is 2.66. The van der Waals surface area contributed by atoms with Gasteiger partial charge in [-0.25, -0.2) is 4.79 Å². The highest BCUT2D eigenvalue weighted by Crippen LogP contribution is 2.21. The molecule has 18 heavy (non-hydrogen) atoms. The highest BCUT2D eigenvalue weighted by Gasteiger charge is 2.19. The summed E-state index contributed by atoms with van der Waals surface area (Å²) in [7, 11) is 0. The van der Waals surface area contributed by atoms with Gasteiger partial charge in [-0.05, 0) is 18.1 Å². The minimum absolute atomic E-state index is 0.205. The second-order valence-corrected chi connectivity index (χ2v) is 4.19. The Hall–Kier alpha value is -1.10. The maximum Gasteiger partial charge on any atom is 0.327 e. The van der Waals surface area contributed by atoms with E-state index in [9.17, 15) is 4.79 Å². The number of halogens is 1. The van der Waals surface area contributed by atoms with Crippen molar-refractivity contribution in [3.8, 4) is 0 Å². The number of carbonyl (C=O) groups excluding carboxylic acids is 1. The molecule has 0 heterocycles. The number of ether oxygens (including phenoxy) is 2. The molecule has 1 rings (SSSR count). The summed E-state index contributed by atoms with van der Waals surface area (Å²) in [5.74, 6) is -0.497. The van der Waals surface area contributed by atoms with E-state index in [4.69, 9.17) is 26.8 Å². The van der Waals surface area contributed by atoms with Crippen molar-refractivity contribution < 1.29 is 14.3 Å². The third-order valence-electron chi connectivity index (χ3n) is 2.31. The van der Waals surface area contributed by atoms with Crippen LogP contribution in [0, 0.1) is 0 Å². The number of carbonyl (C=O) groups is 1. The fourth-order valence-corrected chi connectivity index (χ4v) is 1.64. The van der Waals surface area contributed by atoms with Crippen molar-refractivity contribution in [1.29, 1.82) is 0 Å². The second kappa shape index (κ2) is 8.08. The molecule has 0 aliphatic heterocycles. The molecule has 1 aromatic rings. The molecule has 1 atom stereocenters. The highest BCUT2D eigenvalue weighted by atomic mass is 35.5. The van der Waals surface area contributed by atoms with Gasteiger partial charge in [0.25, 0.3) is 0 Å². The number of rotatable bonds is 7. The number of hydrogen-bond donors (Lipinski definition) is 1. The molecule has 0 aliphatic rings. The van der Waals surface area contributed by atoms with E-state index in [1.165, 1.54) is 0 Å². The van der Waals surface area contributed by atoms with Gasteiger partial charge >= 0.3 is 5.97 Å². The van der Waals surface area contributed by atoms with Crippen molar-refractivity contribution in [2.24, 2.45) is 5.73 Å². The Labute approximate surface area is 112 Å². The summed E-state index contributed by atoms with van der Waals surface area (Å²) in [6, 6.07) is 6.10. The first-order chi connectivity index (χ1) is 8.66. The van der Waals surface area contributed by atoms with Crippen LogP contribution in [0.3, 0.4) is 0 Å². The molecule has 5 heteroatoms. The largest absolute Gasteiger partial charge is 0.462 e. The summed E-state index contributed by atoms with van der Waals surface area (Å²) in [4.78, 5) is 11.7. The zero-order chi connectivity index (χ0) is 13.4. The Bertz CT molecular complexity index is 384. The molecule has 2 N–H and O–H groups in total. The minimum atomic E-state index is -0.857. The summed E-state index contributed by atoms with van der Waals surface area (Å²) in [5, 5.41) is 0.462. The van der Waals surface area contributed by atoms with Crippen LogP contribution in [0.4, 0.5) is 0 Å². The van der Waals surface area contributed by atoms with Crippen LogP contribution in [0.1, 0.15) is 24.9 Å². The molecule has 0 unspecified atom stereocenters. The fourth-order valence-electron chi connectivity index (χ4n) is 1.39. The van der Waals surface area contributed by atoms with Crippen LogP contribution in [-0.2, 0) is 14.3 Å². The van der Waals surface area contributed by atoms with Crippen LogP contribution in [-0.4, -0.2) is 25.8 Å². The molecular weight excluding hydrogens is 254 g/mol. The summed E-state index contributed by atoms with van der Waals surface area (Å²) in [6.07, 6.45) is 0.938. The van der Waals surface area contributed by atoms with Crippen LogP contribution in [0.5, 0.6) is 0 Å². The van der Waals surface area contributed by atoms with Crippen molar-refractivity contribution in [3.05, 3.63) is 34.9 Å². The van der Waals surface area contributed by atoms with Crippen molar-refractivity contribution in [2.75, 3.05) is 19.8 Å². The molecule has 0 radical (unpaired) electrons. The standard InChI is InChI=1S/C13H18ClNO3/c1-2-7-17-8-9-18-13(16)12(15)10-5-3-4-6-11(10)14/h3-6,12H,2,7-9,15H2,1H3/t12-/m1/s1. The van der Waals surface area contributed by atoms with Crippen molar-refractivity contribution >= 4 is 17.6 Å². The number of nitrogens with two attached hydrogens (primary N) is 1. The lowest BCUT2D eigenvalue weighted by Gasteiger charge is -2.13. The molecule has 100 valence electrons. The zero-order valence-electron chi connectivity index (χ0n) is 10.4. The van der Waals surface area contributed by atoms with Gasteiger partial charge in [0.05, 0.1) is 6.61 Å². The maximum absolute atomic E-state index is 11.7. The lowest BCUT2D eigenvalue weighted by molar-refractivity contribution is -0.146. The number of benzene rings is 1. The molecule has 0 aromatic heterocycles. The van der Waals surface area contributed by atoms with Gasteiger partial charge in [0, 0.05) is 11.6 Å². The summed E-state index contributed by atoms with van der Waals surface area (Å²) >= 11 is 5.95. The zero-order valence-corrected chi connectivity index (χ0v) is 11.2. The molecule has 0 spiro atoms. The summed E-state index contributed by atoms with van der Waals surface area (Å²) < 4.78 is 10.2. The molecule has 4 nitrogen and oxygen atoms in total. The molecule has 0 saturated heterocycles. The molecule has 0 aliphatic carbocycles. The molecule has 0 bridgehead atoms. The SMILES string of the molecule is CCCOCCOC(=O)[C@H](N)c1ccccc1Cl. The van der Waals surface area contributed by atoms with E-state index in [1.807, 2.05) is 6.92 Å². The van der Waals surface area contributed by atoms with Crippen molar-refractivity contribution in [2.45, 2.75) is 19.4 Å². The van der Waals surface area contributed by atoms with E-state index >= 15 is 0 Å². The Kier molecular flexibility index (Phi) is 6.72. The van der Waals surface area contributed by atoms with Gasteiger partial charge in [0.2, 0.25) is 0 Å². The van der Waals surface area contributed by atoms with E-state index in [0.29, 0.717) is 23.8 Å². The fraction of sp³-hybridized carbons (Fsp3) is 0.462. The molecule has 1 aromatic carbocycles. The predicted octanol–water partition coefficient (Wildman–Crippen LogP) is 2.31. The molecule has 0 fully saturated rings. The van der Waals surface area contributed by atoms with Gasteiger partial charge in [-0.1, -0.05) is 36.7 Å². The van der Waals surface area contributed by atoms with Crippen molar-refractivity contribution in [3.63, 3.8) is 0 Å². The van der Waals surface area contributed by atoms with Gasteiger partial charge in [0.15, 0.2) is 0 Å². The Morgan fingerprint density at radius 3 is 2.72 bits per heavy atom. The number of esters is 1. The predicted molar refractivity (Wildman–Crippen MR) is 70.4 cm³/mol. The molecular formula is C13H18ClNO3. The van der Waals surface area contributed by atoms with Gasteiger partial charge in [-0.3, -0.25) is 0 Å². The van der Waals surface area contributed by atoms with E-state index in [2.05, 4.69) is 0 Å². The lowest BCUT2D eigenvalue weighted by atomic mass is 10.1. The number of hydrogen-bond acceptors (Lipinski definition) is 4. The third kappa shape index (κ3) is 4.64. The van der Waals surface area contributed by atoms with Crippen LogP contribution in [0.15, 0.2) is 24.3 Å². The van der Waals surface area contributed by atoms with Crippen molar-refractivity contribution in [1.82, 2.24) is 0 Å². The van der Waals surface area contributed by atoms with E-state index in [-0.39, 0.29) is 6.61 Å². The Morgan fingerprint density at radius 2 is 2.06 bits per heavy atom. The first-order valence-electron chi connectivity index (χ1n) is 5.91. The smallest absolute Gasteiger partial charge is 0.327 e. The van der Waals surface area contributed by atoms with Gasteiger partial charge < -0.3 is 15.2 Å². The Balaban J connectivity index is 2.40. The topological polar surface area (TPSA) is 61.5 Å². The minimum Gasteiger partial charge on any atom is -0.462 e. The maximum atomic E-state index is 11.7. The normalized spacial score (nSPS) is 12.2. The monoisotopic (exact) mass is 271 g/mol. The van der Waals surface area contributed by atoms with Crippen LogP contribution < -0.4 is 5.73 Å². The first-order valence-corrected chi connectivity index (χ1v) is 6.29. The van der Waals surface area contributed by atoms with Crippen LogP contribution in [0.25, 0.3) is 0 Å².